The van der Waals surface area contributed by atoms with Gasteiger partial charge in [0.25, 0.3) is 0 Å². The Morgan fingerprint density at radius 3 is 2.54 bits per heavy atom. The fraction of sp³-hybridized carbons (Fsp3) is 0.286. The van der Waals surface area contributed by atoms with E-state index in [2.05, 4.69) is 54.5 Å². The van der Waals surface area contributed by atoms with E-state index < -0.39 is 17.8 Å². The number of carbonyl (C=O) groups is 1. The van der Waals surface area contributed by atoms with Gasteiger partial charge in [-0.25, -0.2) is 14.8 Å². The van der Waals surface area contributed by atoms with Crippen molar-refractivity contribution in [2.45, 2.75) is 19.6 Å². The summed E-state index contributed by atoms with van der Waals surface area (Å²) in [6.07, 6.45) is -1.53. The number of piperazine rings is 1. The van der Waals surface area contributed by atoms with Crippen molar-refractivity contribution in [2.75, 3.05) is 49.1 Å². The number of aromatic nitrogens is 4. The molecular weight excluding hydrogens is 535 g/mol. The smallest absolute Gasteiger partial charge is 0.384 e. The second kappa shape index (κ2) is 11.8. The predicted molar refractivity (Wildman–Crippen MR) is 150 cm³/mol. The van der Waals surface area contributed by atoms with Gasteiger partial charge in [0, 0.05) is 61.9 Å². The van der Waals surface area contributed by atoms with E-state index in [0.717, 1.165) is 25.7 Å². The minimum Gasteiger partial charge on any atom is -0.384 e. The number of benzene rings is 1. The first kappa shape index (κ1) is 27.9. The Morgan fingerprint density at radius 2 is 1.78 bits per heavy atom. The van der Waals surface area contributed by atoms with Crippen LogP contribution in [-0.2, 0) is 12.7 Å². The van der Waals surface area contributed by atoms with Gasteiger partial charge in [0.05, 0.1) is 10.9 Å². The lowest BCUT2D eigenvalue weighted by molar-refractivity contribution is -0.138. The van der Waals surface area contributed by atoms with Crippen LogP contribution in [0.3, 0.4) is 0 Å². The molecule has 0 bridgehead atoms. The Morgan fingerprint density at radius 1 is 1.02 bits per heavy atom. The third-order valence-electron chi connectivity index (χ3n) is 6.77. The van der Waals surface area contributed by atoms with E-state index in [1.807, 2.05) is 4.90 Å². The van der Waals surface area contributed by atoms with Gasteiger partial charge in [-0.3, -0.25) is 15.3 Å². The summed E-state index contributed by atoms with van der Waals surface area (Å²) in [7, 11) is 0. The molecule has 1 fully saturated rings. The van der Waals surface area contributed by atoms with Crippen LogP contribution in [0.1, 0.15) is 29.2 Å². The van der Waals surface area contributed by atoms with Gasteiger partial charge in [-0.15, -0.1) is 0 Å². The van der Waals surface area contributed by atoms with Crippen molar-refractivity contribution in [3.8, 4) is 11.8 Å². The normalized spacial score (nSPS) is 14.4. The number of nitrogens with zero attached hydrogens (tertiary/aromatic N) is 5. The van der Waals surface area contributed by atoms with Gasteiger partial charge in [0.15, 0.2) is 5.65 Å². The standard InChI is InChI=1S/C28H28F3N9O/c1-2-39-9-11-40(12-10-39)17-20-5-6-21(15-23(20)28(29,30)31)35-27(41)36-24-14-18(7-8-33-24)3-4-19-13-22-25(32)37-38-26(22)34-16-19/h5-8,13-16H,2,9-12,17H2,1H3,(H3,32,34,37,38)(H2,33,35,36,41). The molecule has 1 aliphatic heterocycles. The number of carbonyl (C=O) groups excluding carboxylic acids is 1. The number of anilines is 3. The monoisotopic (exact) mass is 563 g/mol. The van der Waals surface area contributed by atoms with E-state index in [1.165, 1.54) is 18.3 Å². The average molecular weight is 564 g/mol. The summed E-state index contributed by atoms with van der Waals surface area (Å²) in [4.78, 5) is 25.2. The van der Waals surface area contributed by atoms with Crippen LogP contribution in [0.2, 0.25) is 0 Å². The lowest BCUT2D eigenvalue weighted by Crippen LogP contribution is -2.45. The van der Waals surface area contributed by atoms with Crippen LogP contribution in [-0.4, -0.2) is 68.7 Å². The van der Waals surface area contributed by atoms with Crippen LogP contribution in [0.5, 0.6) is 0 Å². The Kier molecular flexibility index (Phi) is 8.04. The number of fused-ring (bicyclic) bond motifs is 1. The van der Waals surface area contributed by atoms with Crippen LogP contribution in [0.15, 0.2) is 48.8 Å². The first-order valence-electron chi connectivity index (χ1n) is 13.0. The topological polar surface area (TPSA) is 128 Å². The lowest BCUT2D eigenvalue weighted by Gasteiger charge is -2.34. The average Bonchev–Trinajstić information content (AvgIpc) is 3.32. The van der Waals surface area contributed by atoms with Gasteiger partial charge >= 0.3 is 12.2 Å². The molecule has 5 rings (SSSR count). The fourth-order valence-corrected chi connectivity index (χ4v) is 4.55. The third-order valence-corrected chi connectivity index (χ3v) is 6.77. The molecule has 0 aliphatic carbocycles. The predicted octanol–water partition coefficient (Wildman–Crippen LogP) is 4.14. The minimum absolute atomic E-state index is 0.0201. The molecule has 0 spiro atoms. The first-order chi connectivity index (χ1) is 19.7. The second-order valence-corrected chi connectivity index (χ2v) is 9.57. The van der Waals surface area contributed by atoms with Crippen LogP contribution >= 0.6 is 0 Å². The molecule has 4 aromatic rings. The zero-order chi connectivity index (χ0) is 29.0. The highest BCUT2D eigenvalue weighted by Crippen LogP contribution is 2.34. The number of halogens is 3. The van der Waals surface area contributed by atoms with Crippen molar-refractivity contribution in [1.82, 2.24) is 30.0 Å². The van der Waals surface area contributed by atoms with Gasteiger partial charge in [0.1, 0.15) is 11.6 Å². The maximum atomic E-state index is 13.9. The van der Waals surface area contributed by atoms with Crippen LogP contribution < -0.4 is 16.4 Å². The van der Waals surface area contributed by atoms with E-state index in [0.29, 0.717) is 41.1 Å². The molecule has 1 saturated heterocycles. The van der Waals surface area contributed by atoms with Crippen LogP contribution in [0.4, 0.5) is 35.3 Å². The molecule has 0 saturated carbocycles. The van der Waals surface area contributed by atoms with Crippen molar-refractivity contribution < 1.29 is 18.0 Å². The van der Waals surface area contributed by atoms with Gasteiger partial charge in [0.2, 0.25) is 0 Å². The summed E-state index contributed by atoms with van der Waals surface area (Å²) < 4.78 is 41.7. The summed E-state index contributed by atoms with van der Waals surface area (Å²) >= 11 is 0. The minimum atomic E-state index is -4.56. The molecule has 0 radical (unpaired) electrons. The number of hydrogen-bond acceptors (Lipinski definition) is 7. The maximum absolute atomic E-state index is 13.9. The quantitative estimate of drug-likeness (QED) is 0.269. The van der Waals surface area contributed by atoms with E-state index in [1.54, 1.807) is 24.4 Å². The van der Waals surface area contributed by atoms with Gasteiger partial charge in [-0.1, -0.05) is 24.8 Å². The molecule has 1 aliphatic rings. The molecule has 10 nitrogen and oxygen atoms in total. The molecule has 2 amide bonds. The van der Waals surface area contributed by atoms with E-state index in [-0.39, 0.29) is 23.6 Å². The van der Waals surface area contributed by atoms with Crippen molar-refractivity contribution >= 4 is 34.4 Å². The SMILES string of the molecule is CCN1CCN(Cc2ccc(NC(=O)Nc3cc(C#Cc4cnc5n[nH]c(N)c5c4)ccn3)cc2C(F)(F)F)CC1. The second-order valence-electron chi connectivity index (χ2n) is 9.57. The third kappa shape index (κ3) is 6.92. The zero-order valence-electron chi connectivity index (χ0n) is 22.2. The van der Waals surface area contributed by atoms with Gasteiger partial charge in [-0.2, -0.15) is 18.3 Å². The van der Waals surface area contributed by atoms with E-state index in [4.69, 9.17) is 5.73 Å². The summed E-state index contributed by atoms with van der Waals surface area (Å²) in [5, 5.41) is 12.3. The number of aromatic amines is 1. The molecule has 0 unspecified atom stereocenters. The number of alkyl halides is 3. The maximum Gasteiger partial charge on any atom is 0.416 e. The largest absolute Gasteiger partial charge is 0.416 e. The molecular formula is C28H28F3N9O. The van der Waals surface area contributed by atoms with Crippen molar-refractivity contribution in [3.05, 3.63) is 71.0 Å². The van der Waals surface area contributed by atoms with Crippen LogP contribution in [0, 0.1) is 11.8 Å². The molecule has 3 aromatic heterocycles. The highest BCUT2D eigenvalue weighted by molar-refractivity contribution is 5.99. The molecule has 212 valence electrons. The molecule has 0 atom stereocenters. The molecule has 41 heavy (non-hydrogen) atoms. The number of rotatable bonds is 5. The molecule has 5 N–H and O–H groups in total. The Balaban J connectivity index is 1.24. The van der Waals surface area contributed by atoms with E-state index >= 15 is 0 Å². The Hall–Kier alpha value is -4.67. The van der Waals surface area contributed by atoms with Gasteiger partial charge in [-0.05, 0) is 42.4 Å². The summed E-state index contributed by atoms with van der Waals surface area (Å²) in [5.74, 6) is 6.51. The van der Waals surface area contributed by atoms with Gasteiger partial charge < -0.3 is 16.0 Å². The summed E-state index contributed by atoms with van der Waals surface area (Å²) in [6, 6.07) is 8.09. The number of amides is 2. The van der Waals surface area contributed by atoms with E-state index in [9.17, 15) is 18.0 Å². The highest BCUT2D eigenvalue weighted by Gasteiger charge is 2.34. The number of likely N-dealkylation sites (N-methyl/N-ethyl adjacent to an activating group) is 1. The van der Waals surface area contributed by atoms with Crippen molar-refractivity contribution in [1.29, 1.82) is 0 Å². The first-order valence-corrected chi connectivity index (χ1v) is 13.0. The molecule has 1 aromatic carbocycles. The number of hydrogen-bond donors (Lipinski definition) is 4. The zero-order valence-corrected chi connectivity index (χ0v) is 22.2. The summed E-state index contributed by atoms with van der Waals surface area (Å²) in [6.45, 7) is 6.24. The lowest BCUT2D eigenvalue weighted by atomic mass is 10.0. The Bertz CT molecular complexity index is 1620. The summed E-state index contributed by atoms with van der Waals surface area (Å²) in [5.41, 5.74) is 6.91. The fourth-order valence-electron chi connectivity index (χ4n) is 4.55. The van der Waals surface area contributed by atoms with Crippen molar-refractivity contribution in [2.24, 2.45) is 0 Å². The number of urea groups is 1. The number of pyridine rings is 2. The highest BCUT2D eigenvalue weighted by atomic mass is 19.4. The number of nitrogens with two attached hydrogens (primary N) is 1. The Labute approximate surface area is 234 Å². The number of H-pyrrole nitrogens is 1. The molecule has 13 heteroatoms. The number of nitrogen functional groups attached to an aromatic ring is 1. The number of nitrogens with one attached hydrogen (secondary N) is 3. The molecule has 4 heterocycles. The van der Waals surface area contributed by atoms with Crippen LogP contribution in [0.25, 0.3) is 11.0 Å². The van der Waals surface area contributed by atoms with Crippen molar-refractivity contribution in [3.63, 3.8) is 0 Å².